The van der Waals surface area contributed by atoms with Gasteiger partial charge in [0, 0.05) is 6.54 Å². The molecule has 8 heteroatoms. The number of carbonyl (C=O) groups excluding carboxylic acids is 1. The van der Waals surface area contributed by atoms with Gasteiger partial charge < -0.3 is 4.74 Å². The van der Waals surface area contributed by atoms with Crippen LogP contribution in [0.3, 0.4) is 0 Å². The van der Waals surface area contributed by atoms with E-state index in [2.05, 4.69) is 26.4 Å². The van der Waals surface area contributed by atoms with Crippen molar-refractivity contribution in [2.75, 3.05) is 13.2 Å². The maximum absolute atomic E-state index is 11.6. The molecule has 1 aliphatic heterocycles. The standard InChI is InChI=1S/C7H12N6O2/c1-2-15-7(14)5-3-8-10-6(5)13-4-9-11-12-13/h4-6,8,10H,2-3H2,1H3. The lowest BCUT2D eigenvalue weighted by atomic mass is 10.1. The van der Waals surface area contributed by atoms with E-state index >= 15 is 0 Å². The van der Waals surface area contributed by atoms with Crippen LogP contribution in [-0.2, 0) is 9.53 Å². The Bertz CT molecular complexity index is 326. The van der Waals surface area contributed by atoms with E-state index in [1.54, 1.807) is 6.92 Å². The van der Waals surface area contributed by atoms with E-state index in [0.717, 1.165) is 0 Å². The van der Waals surface area contributed by atoms with Crippen molar-refractivity contribution in [1.82, 2.24) is 31.1 Å². The fourth-order valence-corrected chi connectivity index (χ4v) is 1.49. The van der Waals surface area contributed by atoms with Gasteiger partial charge in [-0.15, -0.1) is 5.10 Å². The SMILES string of the molecule is CCOC(=O)C1CNNC1n1cnnn1. The molecule has 0 amide bonds. The average molecular weight is 212 g/mol. The zero-order valence-electron chi connectivity index (χ0n) is 8.25. The maximum atomic E-state index is 11.6. The Kier molecular flexibility index (Phi) is 2.88. The molecule has 2 rings (SSSR count). The molecule has 1 saturated heterocycles. The Morgan fingerprint density at radius 1 is 1.73 bits per heavy atom. The van der Waals surface area contributed by atoms with Gasteiger partial charge in [0.15, 0.2) is 0 Å². The summed E-state index contributed by atoms with van der Waals surface area (Å²) in [5, 5.41) is 10.8. The molecule has 0 radical (unpaired) electrons. The fraction of sp³-hybridized carbons (Fsp3) is 0.714. The Balaban J connectivity index is 2.08. The topological polar surface area (TPSA) is 94.0 Å². The number of hydrogen-bond donors (Lipinski definition) is 2. The lowest BCUT2D eigenvalue weighted by Crippen LogP contribution is -2.32. The number of esters is 1. The minimum Gasteiger partial charge on any atom is -0.466 e. The van der Waals surface area contributed by atoms with Crippen molar-refractivity contribution in [3.05, 3.63) is 6.33 Å². The van der Waals surface area contributed by atoms with Crippen molar-refractivity contribution < 1.29 is 9.53 Å². The fourth-order valence-electron chi connectivity index (χ4n) is 1.49. The molecule has 1 fully saturated rings. The summed E-state index contributed by atoms with van der Waals surface area (Å²) in [5.41, 5.74) is 5.80. The van der Waals surface area contributed by atoms with Crippen LogP contribution in [0.2, 0.25) is 0 Å². The zero-order chi connectivity index (χ0) is 10.7. The molecular weight excluding hydrogens is 200 g/mol. The molecule has 0 saturated carbocycles. The number of hydrogen-bond acceptors (Lipinski definition) is 7. The minimum absolute atomic E-state index is 0.254. The highest BCUT2D eigenvalue weighted by molar-refractivity contribution is 5.73. The van der Waals surface area contributed by atoms with Crippen LogP contribution in [0, 0.1) is 5.92 Å². The highest BCUT2D eigenvalue weighted by Gasteiger charge is 2.35. The summed E-state index contributed by atoms with van der Waals surface area (Å²) < 4.78 is 6.44. The molecule has 2 unspecified atom stereocenters. The van der Waals surface area contributed by atoms with Gasteiger partial charge in [-0.1, -0.05) is 0 Å². The van der Waals surface area contributed by atoms with E-state index in [4.69, 9.17) is 4.74 Å². The summed E-state index contributed by atoms with van der Waals surface area (Å²) in [6.45, 7) is 2.65. The lowest BCUT2D eigenvalue weighted by Gasteiger charge is -2.15. The predicted molar refractivity (Wildman–Crippen MR) is 48.1 cm³/mol. The first-order valence-corrected chi connectivity index (χ1v) is 4.70. The third-order valence-corrected chi connectivity index (χ3v) is 2.19. The van der Waals surface area contributed by atoms with Gasteiger partial charge in [-0.2, -0.15) is 0 Å². The average Bonchev–Trinajstić information content (AvgIpc) is 2.88. The number of ether oxygens (including phenoxy) is 1. The smallest absolute Gasteiger partial charge is 0.313 e. The first-order valence-electron chi connectivity index (χ1n) is 4.70. The van der Waals surface area contributed by atoms with Crippen molar-refractivity contribution in [3.63, 3.8) is 0 Å². The molecule has 1 aromatic rings. The molecule has 15 heavy (non-hydrogen) atoms. The van der Waals surface area contributed by atoms with Crippen LogP contribution in [-0.4, -0.2) is 39.3 Å². The molecular formula is C7H12N6O2. The molecule has 0 aliphatic carbocycles. The van der Waals surface area contributed by atoms with Crippen molar-refractivity contribution >= 4 is 5.97 Å². The van der Waals surface area contributed by atoms with Gasteiger partial charge in [0.05, 0.1) is 6.61 Å². The monoisotopic (exact) mass is 212 g/mol. The van der Waals surface area contributed by atoms with E-state index in [0.29, 0.717) is 13.2 Å². The van der Waals surface area contributed by atoms with E-state index in [-0.39, 0.29) is 18.1 Å². The highest BCUT2D eigenvalue weighted by atomic mass is 16.5. The normalized spacial score (nSPS) is 25.4. The summed E-state index contributed by atoms with van der Waals surface area (Å²) in [4.78, 5) is 11.6. The van der Waals surface area contributed by atoms with Gasteiger partial charge in [-0.3, -0.25) is 10.2 Å². The quantitative estimate of drug-likeness (QED) is 0.586. The third-order valence-electron chi connectivity index (χ3n) is 2.19. The summed E-state index contributed by atoms with van der Waals surface area (Å²) in [7, 11) is 0. The summed E-state index contributed by atoms with van der Waals surface area (Å²) in [5.74, 6) is -0.566. The van der Waals surface area contributed by atoms with Crippen LogP contribution >= 0.6 is 0 Å². The van der Waals surface area contributed by atoms with Gasteiger partial charge in [0.2, 0.25) is 0 Å². The van der Waals surface area contributed by atoms with E-state index in [9.17, 15) is 4.79 Å². The molecule has 8 nitrogen and oxygen atoms in total. The van der Waals surface area contributed by atoms with Gasteiger partial charge in [0.25, 0.3) is 0 Å². The Hall–Kier alpha value is -1.54. The number of nitrogens with one attached hydrogen (secondary N) is 2. The summed E-state index contributed by atoms with van der Waals surface area (Å²) >= 11 is 0. The number of rotatable bonds is 3. The van der Waals surface area contributed by atoms with Crippen molar-refractivity contribution in [1.29, 1.82) is 0 Å². The lowest BCUT2D eigenvalue weighted by molar-refractivity contribution is -0.148. The second kappa shape index (κ2) is 4.32. The van der Waals surface area contributed by atoms with Crippen molar-refractivity contribution in [3.8, 4) is 0 Å². The van der Waals surface area contributed by atoms with Gasteiger partial charge >= 0.3 is 5.97 Å². The van der Waals surface area contributed by atoms with Gasteiger partial charge in [-0.25, -0.2) is 10.1 Å². The van der Waals surface area contributed by atoms with E-state index in [1.165, 1.54) is 11.0 Å². The van der Waals surface area contributed by atoms with Crippen LogP contribution < -0.4 is 10.9 Å². The van der Waals surface area contributed by atoms with E-state index < -0.39 is 0 Å². The van der Waals surface area contributed by atoms with Gasteiger partial charge in [0.1, 0.15) is 18.4 Å². The second-order valence-electron chi connectivity index (χ2n) is 3.12. The summed E-state index contributed by atoms with van der Waals surface area (Å²) in [6.07, 6.45) is 1.16. The summed E-state index contributed by atoms with van der Waals surface area (Å²) in [6, 6.07) is 0. The Morgan fingerprint density at radius 3 is 3.27 bits per heavy atom. The van der Waals surface area contributed by atoms with Crippen LogP contribution in [0.4, 0.5) is 0 Å². The molecule has 82 valence electrons. The molecule has 0 bridgehead atoms. The van der Waals surface area contributed by atoms with E-state index in [1.807, 2.05) is 0 Å². The molecule has 2 N–H and O–H groups in total. The number of aromatic nitrogens is 4. The van der Waals surface area contributed by atoms with Crippen LogP contribution in [0.1, 0.15) is 13.1 Å². The first-order chi connectivity index (χ1) is 7.33. The number of hydrazine groups is 1. The Morgan fingerprint density at radius 2 is 2.60 bits per heavy atom. The molecule has 0 spiro atoms. The largest absolute Gasteiger partial charge is 0.466 e. The van der Waals surface area contributed by atoms with Crippen LogP contribution in [0.25, 0.3) is 0 Å². The maximum Gasteiger partial charge on any atom is 0.313 e. The zero-order valence-corrected chi connectivity index (χ0v) is 8.25. The first kappa shape index (κ1) is 9.99. The predicted octanol–water partition coefficient (Wildman–Crippen LogP) is -1.54. The van der Waals surface area contributed by atoms with Crippen molar-refractivity contribution in [2.45, 2.75) is 13.1 Å². The molecule has 1 aromatic heterocycles. The number of carbonyl (C=O) groups is 1. The second-order valence-corrected chi connectivity index (χ2v) is 3.12. The number of nitrogens with zero attached hydrogens (tertiary/aromatic N) is 4. The molecule has 2 heterocycles. The van der Waals surface area contributed by atoms with Crippen molar-refractivity contribution in [2.24, 2.45) is 5.92 Å². The minimum atomic E-state index is -0.312. The number of tetrazole rings is 1. The Labute approximate surface area is 85.9 Å². The highest BCUT2D eigenvalue weighted by Crippen LogP contribution is 2.18. The van der Waals surface area contributed by atoms with Gasteiger partial charge in [-0.05, 0) is 17.4 Å². The third kappa shape index (κ3) is 1.95. The molecule has 2 atom stereocenters. The molecule has 1 aliphatic rings. The van der Waals surface area contributed by atoms with Crippen LogP contribution in [0.5, 0.6) is 0 Å². The molecule has 0 aromatic carbocycles. The van der Waals surface area contributed by atoms with Crippen LogP contribution in [0.15, 0.2) is 6.33 Å².